The highest BCUT2D eigenvalue weighted by atomic mass is 16.6. The van der Waals surface area contributed by atoms with Crippen molar-refractivity contribution in [3.05, 3.63) is 11.3 Å². The van der Waals surface area contributed by atoms with Crippen LogP contribution in [-0.4, -0.2) is 29.2 Å². The molecule has 1 heterocycles. The van der Waals surface area contributed by atoms with E-state index in [1.54, 1.807) is 27.7 Å². The molecule has 5 nitrogen and oxygen atoms in total. The number of carbonyl (C=O) groups excluding carboxylic acids is 2. The highest BCUT2D eigenvalue weighted by molar-refractivity contribution is 6.18. The Labute approximate surface area is 133 Å². The number of alkyl carbamates (subject to hydrolysis) is 1. The van der Waals surface area contributed by atoms with Gasteiger partial charge in [0.05, 0.1) is 0 Å². The van der Waals surface area contributed by atoms with E-state index >= 15 is 0 Å². The summed E-state index contributed by atoms with van der Waals surface area (Å²) in [6.07, 6.45) is 0.0241. The van der Waals surface area contributed by atoms with Crippen LogP contribution < -0.4 is 5.32 Å². The lowest BCUT2D eigenvalue weighted by molar-refractivity contribution is -0.116. The zero-order chi connectivity index (χ0) is 17.3. The minimum atomic E-state index is -0.740. The molecule has 0 saturated heterocycles. The fourth-order valence-corrected chi connectivity index (χ4v) is 2.28. The smallest absolute Gasteiger partial charge is 0.408 e. The van der Waals surface area contributed by atoms with E-state index in [9.17, 15) is 9.59 Å². The summed E-state index contributed by atoms with van der Waals surface area (Å²) in [5.41, 5.74) is 1.38. The van der Waals surface area contributed by atoms with E-state index in [-0.39, 0.29) is 11.2 Å². The molecule has 0 bridgehead atoms. The summed E-state index contributed by atoms with van der Waals surface area (Å²) < 4.78 is 5.23. The van der Waals surface area contributed by atoms with Crippen LogP contribution in [0.3, 0.4) is 0 Å². The van der Waals surface area contributed by atoms with Gasteiger partial charge in [-0.1, -0.05) is 20.8 Å². The van der Waals surface area contributed by atoms with Gasteiger partial charge in [0, 0.05) is 17.0 Å². The van der Waals surface area contributed by atoms with Crippen molar-refractivity contribution in [2.75, 3.05) is 0 Å². The minimum absolute atomic E-state index is 0.0243. The molecule has 124 valence electrons. The highest BCUT2D eigenvalue weighted by Crippen LogP contribution is 2.29. The number of hydrogen-bond donors (Lipinski definition) is 1. The molecule has 0 radical (unpaired) electrons. The summed E-state index contributed by atoms with van der Waals surface area (Å²) in [4.78, 5) is 29.1. The summed E-state index contributed by atoms with van der Waals surface area (Å²) in [5, 5.41) is 2.64. The molecule has 1 aliphatic rings. The van der Waals surface area contributed by atoms with Gasteiger partial charge in [0.25, 0.3) is 0 Å². The lowest BCUT2D eigenvalue weighted by Gasteiger charge is -2.28. The number of nitrogens with zero attached hydrogens (tertiary/aromatic N) is 1. The van der Waals surface area contributed by atoms with Gasteiger partial charge in [-0.3, -0.25) is 9.79 Å². The van der Waals surface area contributed by atoms with Crippen molar-refractivity contribution in [2.45, 2.75) is 73.5 Å². The Morgan fingerprint density at radius 3 is 2.18 bits per heavy atom. The first-order chi connectivity index (χ1) is 9.80. The summed E-state index contributed by atoms with van der Waals surface area (Å²) in [7, 11) is 0. The third-order valence-corrected chi connectivity index (χ3v) is 3.13. The first kappa shape index (κ1) is 18.4. The quantitative estimate of drug-likeness (QED) is 0.847. The second kappa shape index (κ2) is 6.23. The predicted molar refractivity (Wildman–Crippen MR) is 88.0 cm³/mol. The molecule has 1 unspecified atom stereocenters. The molecule has 0 aliphatic carbocycles. The standard InChI is InChI=1S/C17H28N2O3/c1-10-12(9-16(3,4)5)14(20)13(11(2)18-10)19-15(21)22-17(6,7)8/h13H,9H2,1-8H3,(H,19,21). The summed E-state index contributed by atoms with van der Waals surface area (Å²) in [5.74, 6) is -0.0919. The van der Waals surface area contributed by atoms with Gasteiger partial charge >= 0.3 is 6.09 Å². The Morgan fingerprint density at radius 2 is 1.73 bits per heavy atom. The first-order valence-electron chi connectivity index (χ1n) is 7.59. The Kier molecular flexibility index (Phi) is 5.21. The normalized spacial score (nSPS) is 19.9. The average Bonchev–Trinajstić information content (AvgIpc) is 2.26. The topological polar surface area (TPSA) is 67.8 Å². The number of hydrogen-bond acceptors (Lipinski definition) is 4. The number of carbonyl (C=O) groups is 2. The van der Waals surface area contributed by atoms with E-state index in [2.05, 4.69) is 31.1 Å². The number of ketones is 1. The third-order valence-electron chi connectivity index (χ3n) is 3.13. The van der Waals surface area contributed by atoms with Gasteiger partial charge in [-0.15, -0.1) is 0 Å². The monoisotopic (exact) mass is 308 g/mol. The summed E-state index contributed by atoms with van der Waals surface area (Å²) in [6.45, 7) is 15.2. The van der Waals surface area contributed by atoms with E-state index in [4.69, 9.17) is 4.74 Å². The van der Waals surface area contributed by atoms with Crippen LogP contribution in [0.2, 0.25) is 0 Å². The molecule has 0 saturated carbocycles. The van der Waals surface area contributed by atoms with Gasteiger partial charge in [0.2, 0.25) is 0 Å². The molecule has 1 atom stereocenters. The molecule has 1 N–H and O–H groups in total. The number of rotatable bonds is 2. The Balaban J connectivity index is 2.94. The van der Waals surface area contributed by atoms with Crippen LogP contribution in [0.15, 0.2) is 16.3 Å². The fraction of sp³-hybridized carbons (Fsp3) is 0.706. The van der Waals surface area contributed by atoms with Gasteiger partial charge in [0.1, 0.15) is 11.6 Å². The molecular weight excluding hydrogens is 280 g/mol. The lowest BCUT2D eigenvalue weighted by Crippen LogP contribution is -2.49. The van der Waals surface area contributed by atoms with Crippen molar-refractivity contribution in [3.8, 4) is 0 Å². The van der Waals surface area contributed by atoms with E-state index in [0.717, 1.165) is 5.70 Å². The number of allylic oxidation sites excluding steroid dienone is 1. The molecule has 1 rings (SSSR count). The second-order valence-corrected chi connectivity index (χ2v) is 8.00. The van der Waals surface area contributed by atoms with Crippen LogP contribution in [0.1, 0.15) is 61.8 Å². The number of amides is 1. The molecule has 0 aromatic heterocycles. The van der Waals surface area contributed by atoms with Crippen LogP contribution in [0.25, 0.3) is 0 Å². The maximum absolute atomic E-state index is 12.7. The Bertz CT molecular complexity index is 531. The zero-order valence-corrected chi connectivity index (χ0v) is 15.0. The minimum Gasteiger partial charge on any atom is -0.444 e. The molecule has 0 fully saturated rings. The van der Waals surface area contributed by atoms with Crippen molar-refractivity contribution >= 4 is 17.6 Å². The first-order valence-corrected chi connectivity index (χ1v) is 7.59. The summed E-state index contributed by atoms with van der Waals surface area (Å²) in [6, 6.07) is -0.740. The van der Waals surface area contributed by atoms with Gasteiger partial charge in [0.15, 0.2) is 5.78 Å². The van der Waals surface area contributed by atoms with Gasteiger partial charge in [-0.25, -0.2) is 4.79 Å². The van der Waals surface area contributed by atoms with E-state index in [1.165, 1.54) is 0 Å². The fourth-order valence-electron chi connectivity index (χ4n) is 2.28. The molecular formula is C17H28N2O3. The van der Waals surface area contributed by atoms with Crippen LogP contribution in [-0.2, 0) is 9.53 Å². The number of Topliss-reactive ketones (excluding diaryl/α,β-unsaturated/α-hetero) is 1. The second-order valence-electron chi connectivity index (χ2n) is 8.00. The molecule has 22 heavy (non-hydrogen) atoms. The molecule has 1 amide bonds. The maximum atomic E-state index is 12.7. The molecule has 5 heteroatoms. The van der Waals surface area contributed by atoms with Gasteiger partial charge < -0.3 is 10.1 Å². The van der Waals surface area contributed by atoms with Crippen LogP contribution >= 0.6 is 0 Å². The van der Waals surface area contributed by atoms with Crippen molar-refractivity contribution in [2.24, 2.45) is 10.4 Å². The zero-order valence-electron chi connectivity index (χ0n) is 15.0. The SMILES string of the molecule is CC1=NC(C)=C(CC(C)(C)C)C(=O)C1NC(=O)OC(C)(C)C. The van der Waals surface area contributed by atoms with Crippen LogP contribution in [0.5, 0.6) is 0 Å². The number of ether oxygens (including phenoxy) is 1. The lowest BCUT2D eigenvalue weighted by atomic mass is 9.82. The molecule has 0 aromatic carbocycles. The maximum Gasteiger partial charge on any atom is 0.408 e. The van der Waals surface area contributed by atoms with Crippen molar-refractivity contribution < 1.29 is 14.3 Å². The van der Waals surface area contributed by atoms with E-state index in [1.807, 2.05) is 6.92 Å². The highest BCUT2D eigenvalue weighted by Gasteiger charge is 2.34. The van der Waals surface area contributed by atoms with Crippen LogP contribution in [0, 0.1) is 5.41 Å². The molecule has 0 aromatic rings. The van der Waals surface area contributed by atoms with E-state index in [0.29, 0.717) is 17.7 Å². The largest absolute Gasteiger partial charge is 0.444 e. The Morgan fingerprint density at radius 1 is 1.18 bits per heavy atom. The number of nitrogens with one attached hydrogen (secondary N) is 1. The molecule has 1 aliphatic heterocycles. The third kappa shape index (κ3) is 5.28. The van der Waals surface area contributed by atoms with Crippen molar-refractivity contribution in [3.63, 3.8) is 0 Å². The Hall–Kier alpha value is -1.65. The van der Waals surface area contributed by atoms with Crippen molar-refractivity contribution in [1.29, 1.82) is 0 Å². The van der Waals surface area contributed by atoms with Gasteiger partial charge in [-0.05, 0) is 46.5 Å². The molecule has 0 spiro atoms. The van der Waals surface area contributed by atoms with Crippen LogP contribution in [0.4, 0.5) is 4.79 Å². The predicted octanol–water partition coefficient (Wildman–Crippen LogP) is 3.63. The van der Waals surface area contributed by atoms with E-state index < -0.39 is 17.7 Å². The summed E-state index contributed by atoms with van der Waals surface area (Å²) >= 11 is 0. The average molecular weight is 308 g/mol. The van der Waals surface area contributed by atoms with Gasteiger partial charge in [-0.2, -0.15) is 0 Å². The van der Waals surface area contributed by atoms with Crippen molar-refractivity contribution in [1.82, 2.24) is 5.32 Å². The number of aliphatic imine (C=N–C) groups is 1.